The molecule has 28 heavy (non-hydrogen) atoms. The number of alkyl halides is 3. The van der Waals surface area contributed by atoms with Crippen molar-refractivity contribution in [3.63, 3.8) is 0 Å². The summed E-state index contributed by atoms with van der Waals surface area (Å²) in [4.78, 5) is 8.10. The topological polar surface area (TPSA) is 89.2 Å². The Bertz CT molecular complexity index is 773. The maximum absolute atomic E-state index is 12.6. The zero-order chi connectivity index (χ0) is 20.6. The van der Waals surface area contributed by atoms with Crippen molar-refractivity contribution in [2.75, 3.05) is 26.8 Å². The molecule has 2 aromatic heterocycles. The lowest BCUT2D eigenvalue weighted by molar-refractivity contribution is -0.140. The lowest BCUT2D eigenvalue weighted by Crippen LogP contribution is -2.39. The van der Waals surface area contributed by atoms with E-state index >= 15 is 0 Å². The smallest absolute Gasteiger partial charge is 0.385 e. The number of thiazole rings is 1. The van der Waals surface area contributed by atoms with Crippen LogP contribution in [0.5, 0.6) is 0 Å². The summed E-state index contributed by atoms with van der Waals surface area (Å²) in [5.41, 5.74) is -0.850. The van der Waals surface area contributed by atoms with Crippen molar-refractivity contribution in [3.8, 4) is 0 Å². The Kier molecular flexibility index (Phi) is 8.18. The Balaban J connectivity index is 1.91. The van der Waals surface area contributed by atoms with Crippen molar-refractivity contribution in [2.24, 2.45) is 12.0 Å². The van der Waals surface area contributed by atoms with Crippen LogP contribution in [0, 0.1) is 6.92 Å². The van der Waals surface area contributed by atoms with Crippen LogP contribution in [0.4, 0.5) is 13.2 Å². The number of hydrogen-bond donors (Lipinski definition) is 2. The Morgan fingerprint density at radius 3 is 2.64 bits per heavy atom. The molecule has 0 saturated heterocycles. The molecule has 0 aliphatic heterocycles. The summed E-state index contributed by atoms with van der Waals surface area (Å²) in [6.07, 6.45) is -3.25. The first-order chi connectivity index (χ1) is 13.3. The molecule has 0 aliphatic rings. The molecule has 12 heteroatoms. The number of aryl methyl sites for hydroxylation is 1. The van der Waals surface area contributed by atoms with E-state index in [9.17, 15) is 13.2 Å². The van der Waals surface area contributed by atoms with E-state index in [1.54, 1.807) is 7.11 Å². The highest BCUT2D eigenvalue weighted by molar-refractivity contribution is 7.09. The van der Waals surface area contributed by atoms with Gasteiger partial charge in [0, 0.05) is 45.7 Å². The fourth-order valence-electron chi connectivity index (χ4n) is 2.18. The molecule has 0 radical (unpaired) electrons. The number of ether oxygens (including phenoxy) is 1. The maximum Gasteiger partial charge on any atom is 0.434 e. The number of nitrogens with zero attached hydrogens (tertiary/aromatic N) is 5. The van der Waals surface area contributed by atoms with E-state index in [0.29, 0.717) is 49.5 Å². The number of aromatic nitrogens is 4. The van der Waals surface area contributed by atoms with E-state index in [4.69, 9.17) is 4.74 Å². The molecule has 156 valence electrons. The third-order valence-corrected chi connectivity index (χ3v) is 4.76. The van der Waals surface area contributed by atoms with Crippen molar-refractivity contribution in [3.05, 3.63) is 27.7 Å². The predicted molar refractivity (Wildman–Crippen MR) is 100 cm³/mol. The third kappa shape index (κ3) is 6.75. The van der Waals surface area contributed by atoms with Gasteiger partial charge in [0.1, 0.15) is 12.4 Å². The fraction of sp³-hybridized carbons (Fsp3) is 0.625. The Morgan fingerprint density at radius 1 is 1.29 bits per heavy atom. The molecule has 8 nitrogen and oxygen atoms in total. The number of rotatable bonds is 9. The second kappa shape index (κ2) is 10.4. The van der Waals surface area contributed by atoms with Gasteiger partial charge in [0.05, 0.1) is 5.01 Å². The summed E-state index contributed by atoms with van der Waals surface area (Å²) in [6, 6.07) is 0. The molecule has 2 rings (SSSR count). The van der Waals surface area contributed by atoms with Crippen LogP contribution in [-0.4, -0.2) is 52.5 Å². The monoisotopic (exact) mass is 419 g/mol. The second-order valence-corrected chi connectivity index (χ2v) is 6.90. The van der Waals surface area contributed by atoms with Crippen molar-refractivity contribution in [2.45, 2.75) is 32.5 Å². The molecule has 2 N–H and O–H groups in total. The largest absolute Gasteiger partial charge is 0.434 e. The molecule has 2 aromatic rings. The molecule has 0 unspecified atom stereocenters. The van der Waals surface area contributed by atoms with Crippen molar-refractivity contribution in [1.29, 1.82) is 0 Å². The van der Waals surface area contributed by atoms with Gasteiger partial charge >= 0.3 is 6.18 Å². The van der Waals surface area contributed by atoms with Crippen LogP contribution < -0.4 is 10.6 Å². The average molecular weight is 419 g/mol. The van der Waals surface area contributed by atoms with Gasteiger partial charge in [-0.1, -0.05) is 0 Å². The first-order valence-electron chi connectivity index (χ1n) is 8.69. The van der Waals surface area contributed by atoms with Crippen LogP contribution in [-0.2, 0) is 30.9 Å². The quantitative estimate of drug-likeness (QED) is 0.367. The number of hydrogen-bond acceptors (Lipinski definition) is 6. The van der Waals surface area contributed by atoms with Gasteiger partial charge < -0.3 is 19.9 Å². The van der Waals surface area contributed by atoms with Gasteiger partial charge in [-0.25, -0.2) is 9.98 Å². The van der Waals surface area contributed by atoms with Gasteiger partial charge in [-0.15, -0.1) is 21.5 Å². The molecule has 0 bridgehead atoms. The van der Waals surface area contributed by atoms with Gasteiger partial charge in [0.2, 0.25) is 0 Å². The summed E-state index contributed by atoms with van der Waals surface area (Å²) >= 11 is 0.998. The van der Waals surface area contributed by atoms with E-state index < -0.39 is 11.9 Å². The molecular formula is C16H24F3N7OS. The molecular weight excluding hydrogens is 395 g/mol. The number of nitrogens with one attached hydrogen (secondary N) is 2. The highest BCUT2D eigenvalue weighted by Gasteiger charge is 2.33. The highest BCUT2D eigenvalue weighted by Crippen LogP contribution is 2.29. The van der Waals surface area contributed by atoms with Crippen LogP contribution in [0.1, 0.15) is 28.8 Å². The van der Waals surface area contributed by atoms with Crippen LogP contribution in [0.2, 0.25) is 0 Å². The number of methoxy groups -OCH3 is 1. The number of guanidine groups is 1. The zero-order valence-electron chi connectivity index (χ0n) is 16.0. The molecule has 0 spiro atoms. The second-order valence-electron chi connectivity index (χ2n) is 5.96. The van der Waals surface area contributed by atoms with E-state index in [1.807, 2.05) is 18.5 Å². The highest BCUT2D eigenvalue weighted by atomic mass is 32.1. The third-order valence-electron chi connectivity index (χ3n) is 3.85. The number of halogens is 3. The van der Waals surface area contributed by atoms with Crippen LogP contribution in [0.25, 0.3) is 0 Å². The van der Waals surface area contributed by atoms with Crippen molar-refractivity contribution >= 4 is 17.3 Å². The van der Waals surface area contributed by atoms with Crippen molar-refractivity contribution < 1.29 is 17.9 Å². The standard InChI is InChI=1S/C16H24F3N7OS/c1-11-24-25-13(26(11)2)9-22-15(20-6-4-8-27-3)21-7-5-14-23-12(10-28-14)16(17,18)19/h10H,4-9H2,1-3H3,(H2,20,21,22). The normalized spacial score (nSPS) is 12.4. The lowest BCUT2D eigenvalue weighted by atomic mass is 10.4. The molecule has 0 aliphatic carbocycles. The van der Waals surface area contributed by atoms with Crippen molar-refractivity contribution in [1.82, 2.24) is 30.4 Å². The molecule has 2 heterocycles. The van der Waals surface area contributed by atoms with Gasteiger partial charge in [-0.3, -0.25) is 0 Å². The maximum atomic E-state index is 12.6. The van der Waals surface area contributed by atoms with E-state index in [2.05, 4.69) is 30.8 Å². The molecule has 0 fully saturated rings. The van der Waals surface area contributed by atoms with Crippen LogP contribution in [0.3, 0.4) is 0 Å². The van der Waals surface area contributed by atoms with Crippen LogP contribution in [0.15, 0.2) is 10.4 Å². The molecule has 0 aromatic carbocycles. The SMILES string of the molecule is COCCCNC(=NCc1nnc(C)n1C)NCCc1nc(C(F)(F)F)cs1. The Morgan fingerprint density at radius 2 is 2.04 bits per heavy atom. The minimum absolute atomic E-state index is 0.326. The van der Waals surface area contributed by atoms with Gasteiger partial charge in [-0.05, 0) is 13.3 Å². The van der Waals surface area contributed by atoms with E-state index in [0.717, 1.165) is 29.0 Å². The minimum Gasteiger partial charge on any atom is -0.385 e. The Hall–Kier alpha value is -2.21. The summed E-state index contributed by atoms with van der Waals surface area (Å²) < 4.78 is 44.7. The molecule has 0 atom stereocenters. The van der Waals surface area contributed by atoms with Gasteiger partial charge in [0.15, 0.2) is 17.5 Å². The summed E-state index contributed by atoms with van der Waals surface area (Å²) in [5, 5.41) is 15.8. The first kappa shape index (κ1) is 22.1. The van der Waals surface area contributed by atoms with E-state index in [1.165, 1.54) is 0 Å². The Labute approximate surface area is 165 Å². The number of aliphatic imine (C=N–C) groups is 1. The lowest BCUT2D eigenvalue weighted by Gasteiger charge is -2.12. The molecule has 0 saturated carbocycles. The zero-order valence-corrected chi connectivity index (χ0v) is 16.8. The summed E-state index contributed by atoms with van der Waals surface area (Å²) in [7, 11) is 3.49. The molecule has 0 amide bonds. The summed E-state index contributed by atoms with van der Waals surface area (Å²) in [6.45, 7) is 3.84. The van der Waals surface area contributed by atoms with Gasteiger partial charge in [-0.2, -0.15) is 13.2 Å². The van der Waals surface area contributed by atoms with E-state index in [-0.39, 0.29) is 0 Å². The van der Waals surface area contributed by atoms with Crippen LogP contribution >= 0.6 is 11.3 Å². The fourth-order valence-corrected chi connectivity index (χ4v) is 2.98. The predicted octanol–water partition coefficient (Wildman–Crippen LogP) is 1.91. The summed E-state index contributed by atoms with van der Waals surface area (Å²) in [5.74, 6) is 2.05. The average Bonchev–Trinajstić information content (AvgIpc) is 3.24. The minimum atomic E-state index is -4.41. The van der Waals surface area contributed by atoms with Gasteiger partial charge in [0.25, 0.3) is 0 Å². The first-order valence-corrected chi connectivity index (χ1v) is 9.56.